The predicted molar refractivity (Wildman–Crippen MR) is 75.2 cm³/mol. The summed E-state index contributed by atoms with van der Waals surface area (Å²) in [7, 11) is 0. The number of rotatable bonds is 4. The van der Waals surface area contributed by atoms with Crippen molar-refractivity contribution in [2.24, 2.45) is 0 Å². The average Bonchev–Trinajstić information content (AvgIpc) is 2.39. The number of hydrogen-bond donors (Lipinski definition) is 3. The monoisotopic (exact) mass is 268 g/mol. The van der Waals surface area contributed by atoms with E-state index in [4.69, 9.17) is 5.11 Å². The van der Waals surface area contributed by atoms with Gasteiger partial charge in [0.1, 0.15) is 6.23 Å². The Balaban J connectivity index is 0.000000362. The van der Waals surface area contributed by atoms with Crippen molar-refractivity contribution >= 4 is 11.8 Å². The molecule has 0 saturated heterocycles. The number of aliphatic hydroxyl groups is 1. The molecule has 0 aromatic rings. The number of carbonyl (C=O) groups excluding carboxylic acids is 2. The van der Waals surface area contributed by atoms with Crippen LogP contribution in [0.3, 0.4) is 0 Å². The molecule has 108 valence electrons. The van der Waals surface area contributed by atoms with E-state index in [0.29, 0.717) is 6.04 Å². The third-order valence-corrected chi connectivity index (χ3v) is 2.67. The number of aliphatic hydroxyl groups excluding tert-OH is 1. The van der Waals surface area contributed by atoms with Gasteiger partial charge >= 0.3 is 0 Å². The minimum atomic E-state index is -0.791. The first-order valence-corrected chi connectivity index (χ1v) is 6.53. The Kier molecular flexibility index (Phi) is 9.44. The zero-order chi connectivity index (χ0) is 14.7. The summed E-state index contributed by atoms with van der Waals surface area (Å²) in [6.45, 7) is 8.06. The Morgan fingerprint density at radius 3 is 2.05 bits per heavy atom. The summed E-state index contributed by atoms with van der Waals surface area (Å²) >= 11 is 0. The second-order valence-electron chi connectivity index (χ2n) is 4.44. The van der Waals surface area contributed by atoms with Crippen LogP contribution in [0.4, 0.5) is 0 Å². The van der Waals surface area contributed by atoms with Crippen molar-refractivity contribution in [3.05, 3.63) is 25.3 Å². The van der Waals surface area contributed by atoms with E-state index < -0.39 is 6.23 Å². The van der Waals surface area contributed by atoms with Gasteiger partial charge in [-0.15, -0.1) is 0 Å². The van der Waals surface area contributed by atoms with E-state index in [1.807, 2.05) is 0 Å². The highest BCUT2D eigenvalue weighted by Gasteiger charge is 2.13. The SMILES string of the molecule is C=CC(=O)NC(C)O.C=CC(=O)NC1CCCCC1. The fourth-order valence-electron chi connectivity index (χ4n) is 1.77. The van der Waals surface area contributed by atoms with Crippen LogP contribution in [0.25, 0.3) is 0 Å². The van der Waals surface area contributed by atoms with Crippen LogP contribution < -0.4 is 10.6 Å². The maximum atomic E-state index is 10.9. The zero-order valence-electron chi connectivity index (χ0n) is 11.5. The van der Waals surface area contributed by atoms with Gasteiger partial charge in [0, 0.05) is 6.04 Å². The molecule has 5 nitrogen and oxygen atoms in total. The molecule has 1 atom stereocenters. The molecule has 1 saturated carbocycles. The Labute approximate surface area is 114 Å². The van der Waals surface area contributed by atoms with E-state index in [0.717, 1.165) is 18.9 Å². The van der Waals surface area contributed by atoms with Crippen LogP contribution in [0.15, 0.2) is 25.3 Å². The third-order valence-electron chi connectivity index (χ3n) is 2.67. The van der Waals surface area contributed by atoms with Crippen molar-refractivity contribution in [2.45, 2.75) is 51.3 Å². The average molecular weight is 268 g/mol. The highest BCUT2D eigenvalue weighted by Crippen LogP contribution is 2.17. The van der Waals surface area contributed by atoms with Crippen molar-refractivity contribution < 1.29 is 14.7 Å². The van der Waals surface area contributed by atoms with Crippen molar-refractivity contribution in [1.82, 2.24) is 10.6 Å². The summed E-state index contributed by atoms with van der Waals surface area (Å²) < 4.78 is 0. The molecule has 0 spiro atoms. The Morgan fingerprint density at radius 1 is 1.16 bits per heavy atom. The Hall–Kier alpha value is -1.62. The number of nitrogens with one attached hydrogen (secondary N) is 2. The van der Waals surface area contributed by atoms with Gasteiger partial charge in [-0.05, 0) is 31.9 Å². The molecule has 19 heavy (non-hydrogen) atoms. The highest BCUT2D eigenvalue weighted by molar-refractivity contribution is 5.87. The summed E-state index contributed by atoms with van der Waals surface area (Å²) in [5.74, 6) is -0.392. The molecule has 0 radical (unpaired) electrons. The van der Waals surface area contributed by atoms with Gasteiger partial charge in [-0.1, -0.05) is 32.4 Å². The van der Waals surface area contributed by atoms with Crippen molar-refractivity contribution in [2.75, 3.05) is 0 Å². The fourth-order valence-corrected chi connectivity index (χ4v) is 1.77. The highest BCUT2D eigenvalue weighted by atomic mass is 16.3. The van der Waals surface area contributed by atoms with E-state index in [2.05, 4.69) is 23.8 Å². The van der Waals surface area contributed by atoms with Gasteiger partial charge in [-0.3, -0.25) is 9.59 Å². The lowest BCUT2D eigenvalue weighted by Gasteiger charge is -2.21. The predicted octanol–water partition coefficient (Wildman–Crippen LogP) is 1.25. The maximum absolute atomic E-state index is 10.9. The minimum absolute atomic E-state index is 0.0306. The number of hydrogen-bond acceptors (Lipinski definition) is 3. The molecule has 1 fully saturated rings. The molecule has 0 heterocycles. The second kappa shape index (κ2) is 10.3. The summed E-state index contributed by atoms with van der Waals surface area (Å²) in [6.07, 6.45) is 7.76. The summed E-state index contributed by atoms with van der Waals surface area (Å²) in [5.41, 5.74) is 0. The van der Waals surface area contributed by atoms with Gasteiger partial charge in [0.05, 0.1) is 0 Å². The van der Waals surface area contributed by atoms with Gasteiger partial charge < -0.3 is 15.7 Å². The first-order valence-electron chi connectivity index (χ1n) is 6.53. The van der Waals surface area contributed by atoms with E-state index in [1.165, 1.54) is 32.3 Å². The number of carbonyl (C=O) groups is 2. The molecule has 3 N–H and O–H groups in total. The summed E-state index contributed by atoms with van der Waals surface area (Å²) in [4.78, 5) is 21.1. The normalized spacial score (nSPS) is 16.3. The van der Waals surface area contributed by atoms with Gasteiger partial charge in [0.15, 0.2) is 0 Å². The van der Waals surface area contributed by atoms with Crippen LogP contribution in [-0.4, -0.2) is 29.2 Å². The topological polar surface area (TPSA) is 78.4 Å². The van der Waals surface area contributed by atoms with E-state index in [-0.39, 0.29) is 11.8 Å². The fraction of sp³-hybridized carbons (Fsp3) is 0.571. The number of amides is 2. The zero-order valence-corrected chi connectivity index (χ0v) is 11.5. The van der Waals surface area contributed by atoms with Crippen LogP contribution in [0, 0.1) is 0 Å². The maximum Gasteiger partial charge on any atom is 0.245 e. The molecule has 1 rings (SSSR count). The van der Waals surface area contributed by atoms with Crippen LogP contribution in [-0.2, 0) is 9.59 Å². The molecule has 1 aliphatic rings. The van der Waals surface area contributed by atoms with Crippen molar-refractivity contribution in [1.29, 1.82) is 0 Å². The first kappa shape index (κ1) is 17.4. The van der Waals surface area contributed by atoms with Crippen LogP contribution in [0.1, 0.15) is 39.0 Å². The standard InChI is InChI=1S/C9H15NO.C5H9NO2/c1-2-9(11)10-8-6-4-3-5-7-8;1-3-5(8)6-4(2)7/h2,8H,1,3-7H2,(H,10,11);3-4,7H,1H2,2H3,(H,6,8). The quantitative estimate of drug-likeness (QED) is 0.530. The van der Waals surface area contributed by atoms with E-state index >= 15 is 0 Å². The lowest BCUT2D eigenvalue weighted by Crippen LogP contribution is -2.34. The van der Waals surface area contributed by atoms with Gasteiger partial charge in [-0.25, -0.2) is 0 Å². The molecule has 0 aliphatic heterocycles. The molecule has 0 bridgehead atoms. The molecule has 2 amide bonds. The van der Waals surface area contributed by atoms with Gasteiger partial charge in [0.2, 0.25) is 11.8 Å². The summed E-state index contributed by atoms with van der Waals surface area (Å²) in [5, 5.41) is 13.6. The van der Waals surface area contributed by atoms with Crippen molar-refractivity contribution in [3.63, 3.8) is 0 Å². The van der Waals surface area contributed by atoms with Crippen LogP contribution >= 0.6 is 0 Å². The van der Waals surface area contributed by atoms with Crippen LogP contribution in [0.2, 0.25) is 0 Å². The molecule has 5 heteroatoms. The molecule has 0 aromatic heterocycles. The Morgan fingerprint density at radius 2 is 1.68 bits per heavy atom. The molecule has 0 aromatic carbocycles. The third kappa shape index (κ3) is 10.0. The van der Waals surface area contributed by atoms with Gasteiger partial charge in [0.25, 0.3) is 0 Å². The largest absolute Gasteiger partial charge is 0.374 e. The molecular formula is C14H24N2O3. The lowest BCUT2D eigenvalue weighted by atomic mass is 9.95. The van der Waals surface area contributed by atoms with Crippen molar-refractivity contribution in [3.8, 4) is 0 Å². The van der Waals surface area contributed by atoms with Gasteiger partial charge in [-0.2, -0.15) is 0 Å². The Bertz CT molecular complexity index is 308. The van der Waals surface area contributed by atoms with E-state index in [9.17, 15) is 9.59 Å². The lowest BCUT2D eigenvalue weighted by molar-refractivity contribution is -0.119. The van der Waals surface area contributed by atoms with Crippen LogP contribution in [0.5, 0.6) is 0 Å². The van der Waals surface area contributed by atoms with E-state index in [1.54, 1.807) is 0 Å². The molecular weight excluding hydrogens is 244 g/mol. The second-order valence-corrected chi connectivity index (χ2v) is 4.44. The summed E-state index contributed by atoms with van der Waals surface area (Å²) in [6, 6.07) is 0.411. The minimum Gasteiger partial charge on any atom is -0.374 e. The first-order chi connectivity index (χ1) is 8.99. The molecule has 1 aliphatic carbocycles. The smallest absolute Gasteiger partial charge is 0.245 e. The molecule has 1 unspecified atom stereocenters.